The maximum absolute atomic E-state index is 14.1. The van der Waals surface area contributed by atoms with Crippen molar-refractivity contribution in [1.29, 1.82) is 0 Å². The molecule has 0 bridgehead atoms. The van der Waals surface area contributed by atoms with E-state index in [1.54, 1.807) is 26.4 Å². The number of piperazine rings is 1. The molecule has 0 aliphatic carbocycles. The second kappa shape index (κ2) is 11.0. The van der Waals surface area contributed by atoms with Gasteiger partial charge in [-0.1, -0.05) is 18.2 Å². The molecule has 1 aliphatic rings. The third-order valence-electron chi connectivity index (χ3n) is 7.24. The number of anilines is 2. The zero-order valence-corrected chi connectivity index (χ0v) is 22.7. The van der Waals surface area contributed by atoms with Gasteiger partial charge in [-0.3, -0.25) is 4.90 Å². The minimum atomic E-state index is -0.396. The Bertz CT molecular complexity index is 1700. The predicted octanol–water partition coefficient (Wildman–Crippen LogP) is 4.68. The van der Waals surface area contributed by atoms with Crippen molar-refractivity contribution in [2.24, 2.45) is 0 Å². The van der Waals surface area contributed by atoms with Crippen LogP contribution in [0.1, 0.15) is 5.56 Å². The Morgan fingerprint density at radius 3 is 2.29 bits per heavy atom. The number of aromatic nitrogens is 4. The summed E-state index contributed by atoms with van der Waals surface area (Å²) in [5, 5.41) is 5.23. The zero-order chi connectivity index (χ0) is 28.5. The number of nitrogens with two attached hydrogens (primary N) is 1. The second-order valence-corrected chi connectivity index (χ2v) is 9.81. The number of hydrogen-bond donors (Lipinski definition) is 1. The highest BCUT2D eigenvalue weighted by Gasteiger charge is 2.25. The standard InChI is InChI=1S/C30H29F2N7O2/c1-40-24-11-8-20(16-25(24)41-2)27-26-28(33)39(23-5-3-4-22(32)17-23)36-29(26)35-30(34-27)38-14-12-37(13-15-38)18-19-6-9-21(31)10-7-19/h3-11,16-17H,12-15,18,33H2,1-2H3. The first-order valence-corrected chi connectivity index (χ1v) is 13.2. The van der Waals surface area contributed by atoms with E-state index < -0.39 is 5.82 Å². The lowest BCUT2D eigenvalue weighted by atomic mass is 10.1. The van der Waals surface area contributed by atoms with Crippen molar-refractivity contribution in [3.63, 3.8) is 0 Å². The largest absolute Gasteiger partial charge is 0.493 e. The van der Waals surface area contributed by atoms with Gasteiger partial charge < -0.3 is 20.1 Å². The number of methoxy groups -OCH3 is 2. The van der Waals surface area contributed by atoms with E-state index in [2.05, 4.69) is 14.9 Å². The van der Waals surface area contributed by atoms with Crippen LogP contribution in [0.2, 0.25) is 0 Å². The maximum Gasteiger partial charge on any atom is 0.228 e. The number of ether oxygens (including phenoxy) is 2. The molecule has 11 heteroatoms. The number of hydrogen-bond acceptors (Lipinski definition) is 8. The number of nitrogens with zero attached hydrogens (tertiary/aromatic N) is 6. The average molecular weight is 558 g/mol. The summed E-state index contributed by atoms with van der Waals surface area (Å²) in [5.41, 5.74) is 9.89. The fourth-order valence-corrected chi connectivity index (χ4v) is 5.09. The van der Waals surface area contributed by atoms with Gasteiger partial charge in [0.25, 0.3) is 0 Å². The molecule has 2 N–H and O–H groups in total. The predicted molar refractivity (Wildman–Crippen MR) is 153 cm³/mol. The molecule has 41 heavy (non-hydrogen) atoms. The Labute approximate surface area is 235 Å². The average Bonchev–Trinajstić information content (AvgIpc) is 3.34. The molecule has 0 radical (unpaired) electrons. The van der Waals surface area contributed by atoms with Gasteiger partial charge in [-0.25, -0.2) is 18.4 Å². The van der Waals surface area contributed by atoms with Crippen LogP contribution in [0.15, 0.2) is 66.7 Å². The van der Waals surface area contributed by atoms with E-state index >= 15 is 0 Å². The van der Waals surface area contributed by atoms with Crippen LogP contribution in [0.5, 0.6) is 11.5 Å². The molecule has 9 nitrogen and oxygen atoms in total. The molecule has 0 atom stereocenters. The Balaban J connectivity index is 1.38. The second-order valence-electron chi connectivity index (χ2n) is 9.81. The van der Waals surface area contributed by atoms with E-state index in [-0.39, 0.29) is 5.82 Å². The minimum absolute atomic E-state index is 0.239. The monoisotopic (exact) mass is 557 g/mol. The first-order valence-electron chi connectivity index (χ1n) is 13.2. The van der Waals surface area contributed by atoms with Gasteiger partial charge in [0.05, 0.1) is 31.0 Å². The number of rotatable bonds is 7. The summed E-state index contributed by atoms with van der Waals surface area (Å²) in [7, 11) is 3.15. The molecule has 1 saturated heterocycles. The quantitative estimate of drug-likeness (QED) is 0.308. The number of nitrogen functional groups attached to an aromatic ring is 1. The highest BCUT2D eigenvalue weighted by Crippen LogP contribution is 2.37. The third kappa shape index (κ3) is 5.23. The molecule has 0 saturated carbocycles. The first kappa shape index (κ1) is 26.5. The van der Waals surface area contributed by atoms with Crippen molar-refractivity contribution in [3.8, 4) is 28.4 Å². The van der Waals surface area contributed by atoms with E-state index in [9.17, 15) is 8.78 Å². The smallest absolute Gasteiger partial charge is 0.228 e. The zero-order valence-electron chi connectivity index (χ0n) is 22.7. The molecule has 2 aromatic heterocycles. The summed E-state index contributed by atoms with van der Waals surface area (Å²) in [4.78, 5) is 14.2. The van der Waals surface area contributed by atoms with E-state index in [0.717, 1.165) is 30.8 Å². The molecular formula is C30H29F2N7O2. The van der Waals surface area contributed by atoms with Crippen molar-refractivity contribution >= 4 is 22.8 Å². The summed E-state index contributed by atoms with van der Waals surface area (Å²) < 4.78 is 39.8. The molecule has 3 aromatic carbocycles. The van der Waals surface area contributed by atoms with Gasteiger partial charge >= 0.3 is 0 Å². The lowest BCUT2D eigenvalue weighted by Crippen LogP contribution is -2.46. The van der Waals surface area contributed by atoms with Gasteiger partial charge in [0.15, 0.2) is 17.1 Å². The fourth-order valence-electron chi connectivity index (χ4n) is 5.09. The van der Waals surface area contributed by atoms with Crippen LogP contribution in [-0.2, 0) is 6.54 Å². The van der Waals surface area contributed by atoms with Crippen LogP contribution >= 0.6 is 0 Å². The summed E-state index contributed by atoms with van der Waals surface area (Å²) in [6.07, 6.45) is 0. The van der Waals surface area contributed by atoms with Gasteiger partial charge in [-0.15, -0.1) is 5.10 Å². The molecular weight excluding hydrogens is 528 g/mol. The van der Waals surface area contributed by atoms with Crippen LogP contribution in [0.4, 0.5) is 20.5 Å². The van der Waals surface area contributed by atoms with Crippen molar-refractivity contribution in [2.45, 2.75) is 6.54 Å². The molecule has 0 spiro atoms. The Hall–Kier alpha value is -4.77. The van der Waals surface area contributed by atoms with Gasteiger partial charge in [-0.05, 0) is 54.1 Å². The first-order chi connectivity index (χ1) is 19.9. The Morgan fingerprint density at radius 1 is 0.829 bits per heavy atom. The summed E-state index contributed by atoms with van der Waals surface area (Å²) in [5.74, 6) is 1.31. The Kier molecular flexibility index (Phi) is 7.10. The maximum atomic E-state index is 14.1. The molecule has 0 unspecified atom stereocenters. The molecule has 5 aromatic rings. The molecule has 210 valence electrons. The van der Waals surface area contributed by atoms with Crippen molar-refractivity contribution in [2.75, 3.05) is 51.0 Å². The van der Waals surface area contributed by atoms with Crippen LogP contribution in [0.25, 0.3) is 28.0 Å². The summed E-state index contributed by atoms with van der Waals surface area (Å²) in [6.45, 7) is 3.68. The van der Waals surface area contributed by atoms with E-state index in [1.165, 1.54) is 28.9 Å². The van der Waals surface area contributed by atoms with E-state index in [1.807, 2.05) is 30.3 Å². The number of benzene rings is 3. The molecule has 1 fully saturated rings. The van der Waals surface area contributed by atoms with Crippen LogP contribution in [0.3, 0.4) is 0 Å². The fraction of sp³-hybridized carbons (Fsp3) is 0.233. The molecule has 0 amide bonds. The summed E-state index contributed by atoms with van der Waals surface area (Å²) >= 11 is 0. The van der Waals surface area contributed by atoms with Crippen LogP contribution < -0.4 is 20.1 Å². The highest BCUT2D eigenvalue weighted by atomic mass is 19.1. The normalized spacial score (nSPS) is 14.0. The van der Waals surface area contributed by atoms with Crippen LogP contribution in [-0.4, -0.2) is 65.0 Å². The van der Waals surface area contributed by atoms with Gasteiger partial charge in [-0.2, -0.15) is 4.98 Å². The Morgan fingerprint density at radius 2 is 1.59 bits per heavy atom. The highest BCUT2D eigenvalue weighted by molar-refractivity contribution is 5.99. The number of fused-ring (bicyclic) bond motifs is 1. The number of halogens is 2. The van der Waals surface area contributed by atoms with Crippen molar-refractivity contribution < 1.29 is 18.3 Å². The van der Waals surface area contributed by atoms with Crippen molar-refractivity contribution in [1.82, 2.24) is 24.6 Å². The van der Waals surface area contributed by atoms with E-state index in [4.69, 9.17) is 25.2 Å². The third-order valence-corrected chi connectivity index (χ3v) is 7.24. The SMILES string of the molecule is COc1ccc(-c2nc(N3CCN(Cc4ccc(F)cc4)CC3)nc3nn(-c4cccc(F)c4)c(N)c23)cc1OC. The van der Waals surface area contributed by atoms with E-state index in [0.29, 0.717) is 58.8 Å². The topological polar surface area (TPSA) is 94.6 Å². The van der Waals surface area contributed by atoms with Gasteiger partial charge in [0, 0.05) is 38.3 Å². The molecule has 1 aliphatic heterocycles. The van der Waals surface area contributed by atoms with Crippen LogP contribution in [0, 0.1) is 11.6 Å². The van der Waals surface area contributed by atoms with Gasteiger partial charge in [0.2, 0.25) is 5.95 Å². The minimum Gasteiger partial charge on any atom is -0.493 e. The van der Waals surface area contributed by atoms with Crippen molar-refractivity contribution in [3.05, 3.63) is 83.9 Å². The molecule has 6 rings (SSSR count). The molecule has 3 heterocycles. The summed E-state index contributed by atoms with van der Waals surface area (Å²) in [6, 6.07) is 18.2. The lowest BCUT2D eigenvalue weighted by molar-refractivity contribution is 0.248. The lowest BCUT2D eigenvalue weighted by Gasteiger charge is -2.34. The van der Waals surface area contributed by atoms with Gasteiger partial charge in [0.1, 0.15) is 17.5 Å².